The molecule has 0 radical (unpaired) electrons. The van der Waals surface area contributed by atoms with E-state index in [0.29, 0.717) is 23.6 Å². The normalized spacial score (nSPS) is 24.1. The Hall–Kier alpha value is -3.07. The summed E-state index contributed by atoms with van der Waals surface area (Å²) >= 11 is 0. The van der Waals surface area contributed by atoms with Gasteiger partial charge in [-0.2, -0.15) is 9.61 Å². The second-order valence-electron chi connectivity index (χ2n) is 7.66. The van der Waals surface area contributed by atoms with Crippen LogP contribution in [0, 0.1) is 11.6 Å². The van der Waals surface area contributed by atoms with Gasteiger partial charge < -0.3 is 5.73 Å². The summed E-state index contributed by atoms with van der Waals surface area (Å²) < 4.78 is 30.0. The molecule has 2 fully saturated rings. The number of amides is 2. The number of carbonyl (C=O) groups is 1. The van der Waals surface area contributed by atoms with E-state index in [1.165, 1.54) is 22.8 Å². The summed E-state index contributed by atoms with van der Waals surface area (Å²) in [6, 6.07) is 6.82. The Kier molecular flexibility index (Phi) is 4.20. The molecule has 0 saturated carbocycles. The molecule has 0 bridgehead atoms. The maximum Gasteiger partial charge on any atom is 0.317 e. The van der Waals surface area contributed by atoms with Crippen LogP contribution in [0.3, 0.4) is 0 Å². The van der Waals surface area contributed by atoms with E-state index in [0.717, 1.165) is 31.1 Å². The van der Waals surface area contributed by atoms with Gasteiger partial charge in [0.15, 0.2) is 11.5 Å². The fraction of sp³-hybridized carbons (Fsp3) is 0.350. The molecule has 2 amide bonds. The Morgan fingerprint density at radius 2 is 2.10 bits per heavy atom. The van der Waals surface area contributed by atoms with Gasteiger partial charge in [-0.05, 0) is 55.3 Å². The first-order chi connectivity index (χ1) is 14.0. The standard InChI is InChI=1S/C20H20F2N6O/c21-11-3-4-14(22)12(8-11)13-10-27-7-1-2-16(27)19(13)15-5-6-17-24-9-18(25-20(23)29)28(17)26-15/h3-6,8-9,13,16,19H,1-2,7,10H2,(H3,23,25,29)/t13?,16?,19-/m0/s1. The molecule has 29 heavy (non-hydrogen) atoms. The van der Waals surface area contributed by atoms with E-state index in [1.54, 1.807) is 0 Å². The predicted octanol–water partition coefficient (Wildman–Crippen LogP) is 2.84. The zero-order chi connectivity index (χ0) is 20.1. The number of aromatic nitrogens is 3. The van der Waals surface area contributed by atoms with Crippen molar-refractivity contribution in [3.05, 3.63) is 59.4 Å². The zero-order valence-electron chi connectivity index (χ0n) is 15.6. The van der Waals surface area contributed by atoms with Gasteiger partial charge in [0, 0.05) is 24.4 Å². The van der Waals surface area contributed by atoms with Crippen LogP contribution in [0.5, 0.6) is 0 Å². The Bertz CT molecular complexity index is 1100. The fourth-order valence-electron chi connectivity index (χ4n) is 4.89. The number of anilines is 1. The van der Waals surface area contributed by atoms with E-state index >= 15 is 0 Å². The van der Waals surface area contributed by atoms with E-state index in [4.69, 9.17) is 10.8 Å². The number of nitrogens with one attached hydrogen (secondary N) is 1. The molecule has 2 aliphatic rings. The van der Waals surface area contributed by atoms with Gasteiger partial charge in [0.05, 0.1) is 11.9 Å². The third-order valence-electron chi connectivity index (χ3n) is 6.03. The number of hydrogen-bond donors (Lipinski definition) is 2. The molecule has 7 nitrogen and oxygen atoms in total. The van der Waals surface area contributed by atoms with Crippen LogP contribution in [0.4, 0.5) is 19.4 Å². The molecule has 9 heteroatoms. The number of nitrogens with two attached hydrogens (primary N) is 1. The quantitative estimate of drug-likeness (QED) is 0.710. The molecule has 2 saturated heterocycles. The lowest BCUT2D eigenvalue weighted by Crippen LogP contribution is -2.26. The average molecular weight is 398 g/mol. The van der Waals surface area contributed by atoms with Crippen LogP contribution >= 0.6 is 0 Å². The van der Waals surface area contributed by atoms with Crippen molar-refractivity contribution in [1.82, 2.24) is 19.5 Å². The van der Waals surface area contributed by atoms with E-state index in [1.807, 2.05) is 12.1 Å². The summed E-state index contributed by atoms with van der Waals surface area (Å²) in [5, 5.41) is 7.21. The maximum absolute atomic E-state index is 14.6. The van der Waals surface area contributed by atoms with Gasteiger partial charge in [-0.3, -0.25) is 10.2 Å². The number of nitrogens with zero attached hydrogens (tertiary/aromatic N) is 4. The number of halogens is 2. The zero-order valence-corrected chi connectivity index (χ0v) is 15.6. The second-order valence-corrected chi connectivity index (χ2v) is 7.66. The van der Waals surface area contributed by atoms with Crippen LogP contribution in [0.25, 0.3) is 5.65 Å². The molecule has 0 spiro atoms. The summed E-state index contributed by atoms with van der Waals surface area (Å²) in [4.78, 5) is 17.8. The molecular formula is C20H20F2N6O. The number of imidazole rings is 1. The highest BCUT2D eigenvalue weighted by Gasteiger charge is 2.46. The second kappa shape index (κ2) is 6.77. The molecule has 2 unspecified atom stereocenters. The van der Waals surface area contributed by atoms with Crippen molar-refractivity contribution < 1.29 is 13.6 Å². The topological polar surface area (TPSA) is 88.5 Å². The number of fused-ring (bicyclic) bond motifs is 2. The number of urea groups is 1. The van der Waals surface area contributed by atoms with E-state index < -0.39 is 17.7 Å². The maximum atomic E-state index is 14.6. The van der Waals surface area contributed by atoms with Gasteiger partial charge in [-0.25, -0.2) is 18.6 Å². The van der Waals surface area contributed by atoms with Crippen LogP contribution in [-0.2, 0) is 0 Å². The number of hydrogen-bond acceptors (Lipinski definition) is 4. The first-order valence-corrected chi connectivity index (χ1v) is 9.61. The van der Waals surface area contributed by atoms with Crippen molar-refractivity contribution in [3.63, 3.8) is 0 Å². The van der Waals surface area contributed by atoms with Gasteiger partial charge in [-0.1, -0.05) is 0 Å². The molecule has 3 atom stereocenters. The van der Waals surface area contributed by atoms with Crippen LogP contribution in [0.2, 0.25) is 0 Å². The van der Waals surface area contributed by atoms with E-state index in [2.05, 4.69) is 15.2 Å². The molecule has 4 heterocycles. The van der Waals surface area contributed by atoms with Gasteiger partial charge in [0.1, 0.15) is 11.6 Å². The SMILES string of the molecule is NC(=O)Nc1cnc2ccc([C@@H]3C(c4cc(F)ccc4F)CN4CCCC34)nn12. The van der Waals surface area contributed by atoms with Crippen molar-refractivity contribution in [2.24, 2.45) is 5.73 Å². The smallest absolute Gasteiger partial charge is 0.317 e. The fourth-order valence-corrected chi connectivity index (χ4v) is 4.89. The molecule has 3 N–H and O–H groups in total. The van der Waals surface area contributed by atoms with Crippen molar-refractivity contribution in [2.45, 2.75) is 30.7 Å². The lowest BCUT2D eigenvalue weighted by molar-refractivity contribution is 0.259. The van der Waals surface area contributed by atoms with Crippen LogP contribution in [0.1, 0.15) is 35.9 Å². The molecule has 2 aliphatic heterocycles. The average Bonchev–Trinajstić information content (AvgIpc) is 3.37. The Labute approximate surface area is 165 Å². The third-order valence-corrected chi connectivity index (χ3v) is 6.03. The summed E-state index contributed by atoms with van der Waals surface area (Å²) in [6.45, 7) is 1.60. The van der Waals surface area contributed by atoms with Gasteiger partial charge >= 0.3 is 6.03 Å². The monoisotopic (exact) mass is 398 g/mol. The highest BCUT2D eigenvalue weighted by molar-refractivity contribution is 5.87. The summed E-state index contributed by atoms with van der Waals surface area (Å²) in [5.41, 5.74) is 6.93. The molecule has 150 valence electrons. The summed E-state index contributed by atoms with van der Waals surface area (Å²) in [5.74, 6) is -0.788. The first-order valence-electron chi connectivity index (χ1n) is 9.61. The largest absolute Gasteiger partial charge is 0.351 e. The number of benzene rings is 1. The summed E-state index contributed by atoms with van der Waals surface area (Å²) in [7, 11) is 0. The first kappa shape index (κ1) is 18.0. The molecule has 2 aromatic heterocycles. The van der Waals surface area contributed by atoms with Crippen molar-refractivity contribution in [1.29, 1.82) is 0 Å². The number of primary amides is 1. The van der Waals surface area contributed by atoms with Crippen molar-refractivity contribution in [2.75, 3.05) is 18.4 Å². The highest BCUT2D eigenvalue weighted by Crippen LogP contribution is 2.48. The number of rotatable bonds is 3. The van der Waals surface area contributed by atoms with Crippen molar-refractivity contribution in [3.8, 4) is 0 Å². The van der Waals surface area contributed by atoms with Gasteiger partial charge in [-0.15, -0.1) is 0 Å². The van der Waals surface area contributed by atoms with Crippen LogP contribution in [0.15, 0.2) is 36.5 Å². The minimum atomic E-state index is -0.707. The Morgan fingerprint density at radius 3 is 2.93 bits per heavy atom. The lowest BCUT2D eigenvalue weighted by atomic mass is 9.81. The van der Waals surface area contributed by atoms with E-state index in [-0.39, 0.29) is 17.9 Å². The molecule has 1 aromatic carbocycles. The van der Waals surface area contributed by atoms with Crippen molar-refractivity contribution >= 4 is 17.5 Å². The number of carbonyl (C=O) groups excluding carboxylic acids is 1. The third kappa shape index (κ3) is 3.02. The highest BCUT2D eigenvalue weighted by atomic mass is 19.1. The molecule has 5 rings (SSSR count). The Morgan fingerprint density at radius 1 is 1.24 bits per heavy atom. The lowest BCUT2D eigenvalue weighted by Gasteiger charge is -2.23. The Balaban J connectivity index is 1.61. The minimum absolute atomic E-state index is 0.0953. The molecule has 0 aliphatic carbocycles. The van der Waals surface area contributed by atoms with E-state index in [9.17, 15) is 13.6 Å². The molecular weight excluding hydrogens is 378 g/mol. The van der Waals surface area contributed by atoms with Gasteiger partial charge in [0.25, 0.3) is 0 Å². The van der Waals surface area contributed by atoms with Gasteiger partial charge in [0.2, 0.25) is 0 Å². The minimum Gasteiger partial charge on any atom is -0.351 e. The summed E-state index contributed by atoms with van der Waals surface area (Å²) in [6.07, 6.45) is 3.53. The van der Waals surface area contributed by atoms with Crippen LogP contribution < -0.4 is 11.1 Å². The van der Waals surface area contributed by atoms with Crippen LogP contribution in [-0.4, -0.2) is 44.7 Å². The predicted molar refractivity (Wildman–Crippen MR) is 103 cm³/mol. The molecule has 3 aromatic rings.